The second-order valence-electron chi connectivity index (χ2n) is 5.47. The lowest BCUT2D eigenvalue weighted by molar-refractivity contribution is 0.169. The summed E-state index contributed by atoms with van der Waals surface area (Å²) in [6, 6.07) is 9.12. The van der Waals surface area contributed by atoms with Gasteiger partial charge in [-0.3, -0.25) is 0 Å². The lowest BCUT2D eigenvalue weighted by Gasteiger charge is -2.41. The topological polar surface area (TPSA) is 29.3 Å². The highest BCUT2D eigenvalue weighted by Gasteiger charge is 2.34. The number of rotatable bonds is 4. The van der Waals surface area contributed by atoms with Gasteiger partial charge in [0.1, 0.15) is 0 Å². The molecular formula is C16H26N2. The van der Waals surface area contributed by atoms with Crippen LogP contribution in [0.15, 0.2) is 24.3 Å². The Balaban J connectivity index is 2.16. The van der Waals surface area contributed by atoms with Crippen molar-refractivity contribution < 1.29 is 0 Å². The van der Waals surface area contributed by atoms with E-state index in [2.05, 4.69) is 43.0 Å². The number of hydrogen-bond donors (Lipinski definition) is 1. The minimum absolute atomic E-state index is 0.220. The zero-order valence-corrected chi connectivity index (χ0v) is 11.8. The van der Waals surface area contributed by atoms with Gasteiger partial charge >= 0.3 is 0 Å². The summed E-state index contributed by atoms with van der Waals surface area (Å²) in [7, 11) is 0. The van der Waals surface area contributed by atoms with E-state index in [-0.39, 0.29) is 5.41 Å². The molecule has 2 nitrogen and oxygen atoms in total. The van der Waals surface area contributed by atoms with Gasteiger partial charge in [-0.05, 0) is 50.0 Å². The normalized spacial score (nSPS) is 19.9. The zero-order chi connectivity index (χ0) is 13.0. The van der Waals surface area contributed by atoms with Crippen LogP contribution in [-0.4, -0.2) is 31.1 Å². The third-order valence-corrected chi connectivity index (χ3v) is 4.63. The Bertz CT molecular complexity index is 361. The molecule has 1 aromatic carbocycles. The predicted octanol–water partition coefficient (Wildman–Crippen LogP) is 2.56. The smallest absolute Gasteiger partial charge is 0.00998 e. The van der Waals surface area contributed by atoms with Crippen LogP contribution in [0.5, 0.6) is 0 Å². The van der Waals surface area contributed by atoms with Gasteiger partial charge in [0.15, 0.2) is 0 Å². The van der Waals surface area contributed by atoms with Crippen molar-refractivity contribution >= 4 is 0 Å². The molecule has 1 saturated heterocycles. The molecule has 2 N–H and O–H groups in total. The van der Waals surface area contributed by atoms with Gasteiger partial charge in [-0.25, -0.2) is 0 Å². The van der Waals surface area contributed by atoms with Gasteiger partial charge in [-0.15, -0.1) is 0 Å². The maximum absolute atomic E-state index is 6.11. The summed E-state index contributed by atoms with van der Waals surface area (Å²) in [6.07, 6.45) is 3.51. The quantitative estimate of drug-likeness (QED) is 0.884. The van der Waals surface area contributed by atoms with E-state index >= 15 is 0 Å². The third kappa shape index (κ3) is 2.60. The highest BCUT2D eigenvalue weighted by molar-refractivity contribution is 5.30. The number of hydrogen-bond acceptors (Lipinski definition) is 2. The number of nitrogens with zero attached hydrogens (tertiary/aromatic N) is 1. The van der Waals surface area contributed by atoms with Gasteiger partial charge in [0.25, 0.3) is 0 Å². The maximum Gasteiger partial charge on any atom is 0.00998 e. The van der Waals surface area contributed by atoms with Gasteiger partial charge < -0.3 is 10.6 Å². The Morgan fingerprint density at radius 3 is 2.17 bits per heavy atom. The predicted molar refractivity (Wildman–Crippen MR) is 77.9 cm³/mol. The van der Waals surface area contributed by atoms with Crippen molar-refractivity contribution in [2.75, 3.05) is 26.2 Å². The molecule has 1 heterocycles. The largest absolute Gasteiger partial charge is 0.330 e. The minimum atomic E-state index is 0.220. The molecule has 0 amide bonds. The number of nitrogens with two attached hydrogens (primary N) is 1. The summed E-state index contributed by atoms with van der Waals surface area (Å²) in [5.41, 5.74) is 9.19. The Labute approximate surface area is 111 Å². The summed E-state index contributed by atoms with van der Waals surface area (Å²) in [5, 5.41) is 0. The van der Waals surface area contributed by atoms with Crippen LogP contribution in [0.4, 0.5) is 0 Å². The third-order valence-electron chi connectivity index (χ3n) is 4.63. The van der Waals surface area contributed by atoms with E-state index in [0.717, 1.165) is 19.5 Å². The first-order chi connectivity index (χ1) is 8.74. The first kappa shape index (κ1) is 13.6. The van der Waals surface area contributed by atoms with Crippen LogP contribution in [0.3, 0.4) is 0 Å². The average molecular weight is 246 g/mol. The van der Waals surface area contributed by atoms with Crippen LogP contribution in [0.2, 0.25) is 0 Å². The fraction of sp³-hybridized carbons (Fsp3) is 0.625. The molecule has 0 saturated carbocycles. The molecule has 0 spiro atoms. The second-order valence-corrected chi connectivity index (χ2v) is 5.47. The number of aryl methyl sites for hydroxylation is 1. The molecule has 18 heavy (non-hydrogen) atoms. The molecule has 0 aromatic heterocycles. The SMILES string of the molecule is CCc1ccc(C2(CN)CCN(CC)CC2)cc1. The number of likely N-dealkylation sites (tertiary alicyclic amines) is 1. The molecule has 2 heteroatoms. The van der Waals surface area contributed by atoms with Crippen LogP contribution in [0.1, 0.15) is 37.8 Å². The first-order valence-corrected chi connectivity index (χ1v) is 7.26. The molecule has 1 fully saturated rings. The number of benzene rings is 1. The Kier molecular flexibility index (Phi) is 4.41. The highest BCUT2D eigenvalue weighted by Crippen LogP contribution is 2.34. The summed E-state index contributed by atoms with van der Waals surface area (Å²) in [6.45, 7) is 8.75. The molecule has 0 aliphatic carbocycles. The van der Waals surface area contributed by atoms with Gasteiger partial charge in [0.2, 0.25) is 0 Å². The van der Waals surface area contributed by atoms with Gasteiger partial charge in [0.05, 0.1) is 0 Å². The van der Waals surface area contributed by atoms with Crippen LogP contribution in [0.25, 0.3) is 0 Å². The van der Waals surface area contributed by atoms with Crippen LogP contribution >= 0.6 is 0 Å². The van der Waals surface area contributed by atoms with E-state index in [9.17, 15) is 0 Å². The Morgan fingerprint density at radius 2 is 1.72 bits per heavy atom. The summed E-state index contributed by atoms with van der Waals surface area (Å²) in [4.78, 5) is 2.52. The molecule has 1 aliphatic rings. The molecule has 1 aliphatic heterocycles. The molecular weight excluding hydrogens is 220 g/mol. The number of piperidine rings is 1. The second kappa shape index (κ2) is 5.85. The van der Waals surface area contributed by atoms with Gasteiger partial charge in [-0.2, -0.15) is 0 Å². The van der Waals surface area contributed by atoms with E-state index in [1.807, 2.05) is 0 Å². The van der Waals surface area contributed by atoms with Crippen molar-refractivity contribution in [3.8, 4) is 0 Å². The van der Waals surface area contributed by atoms with E-state index < -0.39 is 0 Å². The highest BCUT2D eigenvalue weighted by atomic mass is 15.1. The van der Waals surface area contributed by atoms with E-state index in [1.54, 1.807) is 0 Å². The molecule has 0 atom stereocenters. The molecule has 1 aromatic rings. The first-order valence-electron chi connectivity index (χ1n) is 7.26. The molecule has 0 unspecified atom stereocenters. The van der Waals surface area contributed by atoms with Crippen LogP contribution < -0.4 is 5.73 Å². The van der Waals surface area contributed by atoms with Crippen molar-refractivity contribution in [1.29, 1.82) is 0 Å². The van der Waals surface area contributed by atoms with Crippen molar-refractivity contribution in [1.82, 2.24) is 4.90 Å². The molecule has 0 bridgehead atoms. The average Bonchev–Trinajstić information content (AvgIpc) is 2.47. The van der Waals surface area contributed by atoms with Gasteiger partial charge in [0, 0.05) is 12.0 Å². The Morgan fingerprint density at radius 1 is 1.11 bits per heavy atom. The molecule has 100 valence electrons. The lowest BCUT2D eigenvalue weighted by Crippen LogP contribution is -2.46. The van der Waals surface area contributed by atoms with Crippen molar-refractivity contribution in [2.24, 2.45) is 5.73 Å². The van der Waals surface area contributed by atoms with Crippen molar-refractivity contribution in [3.05, 3.63) is 35.4 Å². The van der Waals surface area contributed by atoms with E-state index in [4.69, 9.17) is 5.73 Å². The monoisotopic (exact) mass is 246 g/mol. The minimum Gasteiger partial charge on any atom is -0.330 e. The van der Waals surface area contributed by atoms with E-state index in [1.165, 1.54) is 37.1 Å². The standard InChI is InChI=1S/C16H26N2/c1-3-14-5-7-15(8-6-14)16(13-17)9-11-18(4-2)12-10-16/h5-8H,3-4,9-13,17H2,1-2H3. The van der Waals surface area contributed by atoms with Crippen LogP contribution in [-0.2, 0) is 11.8 Å². The van der Waals surface area contributed by atoms with Crippen molar-refractivity contribution in [3.63, 3.8) is 0 Å². The van der Waals surface area contributed by atoms with Crippen molar-refractivity contribution in [2.45, 2.75) is 38.5 Å². The molecule has 2 rings (SSSR count). The van der Waals surface area contributed by atoms with E-state index in [0.29, 0.717) is 0 Å². The fourth-order valence-corrected chi connectivity index (χ4v) is 3.00. The summed E-state index contributed by atoms with van der Waals surface area (Å²) >= 11 is 0. The maximum atomic E-state index is 6.11. The van der Waals surface area contributed by atoms with Gasteiger partial charge in [-0.1, -0.05) is 38.1 Å². The molecule has 0 radical (unpaired) electrons. The fourth-order valence-electron chi connectivity index (χ4n) is 3.00. The lowest BCUT2D eigenvalue weighted by atomic mass is 9.72. The van der Waals surface area contributed by atoms with Crippen LogP contribution in [0, 0.1) is 0 Å². The summed E-state index contributed by atoms with van der Waals surface area (Å²) < 4.78 is 0. The summed E-state index contributed by atoms with van der Waals surface area (Å²) in [5.74, 6) is 0. The Hall–Kier alpha value is -0.860. The zero-order valence-electron chi connectivity index (χ0n) is 11.8.